The maximum atomic E-state index is 10.6. The summed E-state index contributed by atoms with van der Waals surface area (Å²) in [5, 5.41) is 11.0. The minimum absolute atomic E-state index is 0.0404. The summed E-state index contributed by atoms with van der Waals surface area (Å²) in [6, 6.07) is 0. The molecule has 0 spiro atoms. The van der Waals surface area contributed by atoms with Gasteiger partial charge in [0.05, 0.1) is 6.10 Å². The molecule has 1 amide bonds. The Hall–Kier alpha value is -0.610. The van der Waals surface area contributed by atoms with Gasteiger partial charge in [0.1, 0.15) is 0 Å². The van der Waals surface area contributed by atoms with Crippen LogP contribution in [0.2, 0.25) is 0 Å². The van der Waals surface area contributed by atoms with Crippen molar-refractivity contribution in [3.63, 3.8) is 0 Å². The summed E-state index contributed by atoms with van der Waals surface area (Å²) in [5.74, 6) is -0.0404. The van der Waals surface area contributed by atoms with Crippen LogP contribution in [-0.2, 0) is 4.79 Å². The van der Waals surface area contributed by atoms with Crippen molar-refractivity contribution in [3.05, 3.63) is 0 Å². The van der Waals surface area contributed by atoms with Gasteiger partial charge in [0.25, 0.3) is 0 Å². The molecule has 4 nitrogen and oxygen atoms in total. The highest BCUT2D eigenvalue weighted by Gasteiger charge is 2.16. The lowest BCUT2D eigenvalue weighted by Crippen LogP contribution is -2.46. The lowest BCUT2D eigenvalue weighted by atomic mass is 10.1. The van der Waals surface area contributed by atoms with Crippen molar-refractivity contribution < 1.29 is 9.90 Å². The van der Waals surface area contributed by atoms with Crippen LogP contribution < -0.4 is 5.43 Å². The zero-order valence-electron chi connectivity index (χ0n) is 6.71. The number of hydrogen-bond acceptors (Lipinski definition) is 3. The summed E-state index contributed by atoms with van der Waals surface area (Å²) in [7, 11) is 0. The van der Waals surface area contributed by atoms with Crippen molar-refractivity contribution in [3.8, 4) is 0 Å². The number of nitrogens with one attached hydrogen (secondary N) is 1. The molecule has 0 unspecified atom stereocenters. The number of amides is 1. The van der Waals surface area contributed by atoms with Crippen molar-refractivity contribution in [2.75, 3.05) is 13.1 Å². The average molecular weight is 158 g/mol. The van der Waals surface area contributed by atoms with E-state index >= 15 is 0 Å². The Morgan fingerprint density at radius 1 is 1.55 bits per heavy atom. The zero-order chi connectivity index (χ0) is 8.27. The van der Waals surface area contributed by atoms with E-state index in [2.05, 4.69) is 5.43 Å². The van der Waals surface area contributed by atoms with Gasteiger partial charge in [-0.05, 0) is 12.8 Å². The van der Waals surface area contributed by atoms with E-state index < -0.39 is 0 Å². The number of hydrogen-bond donors (Lipinski definition) is 2. The van der Waals surface area contributed by atoms with E-state index in [4.69, 9.17) is 5.11 Å². The minimum Gasteiger partial charge on any atom is -0.393 e. The molecule has 1 saturated heterocycles. The van der Waals surface area contributed by atoms with Crippen molar-refractivity contribution in [1.29, 1.82) is 0 Å². The molecule has 11 heavy (non-hydrogen) atoms. The Kier molecular flexibility index (Phi) is 2.84. The van der Waals surface area contributed by atoms with Crippen molar-refractivity contribution in [2.45, 2.75) is 25.9 Å². The third-order valence-electron chi connectivity index (χ3n) is 1.78. The first-order chi connectivity index (χ1) is 5.18. The molecule has 0 aromatic carbocycles. The fourth-order valence-electron chi connectivity index (χ4n) is 1.20. The first kappa shape index (κ1) is 8.49. The molecule has 0 bridgehead atoms. The fourth-order valence-corrected chi connectivity index (χ4v) is 1.20. The molecular weight excluding hydrogens is 144 g/mol. The van der Waals surface area contributed by atoms with Crippen LogP contribution in [0.1, 0.15) is 19.8 Å². The summed E-state index contributed by atoms with van der Waals surface area (Å²) in [5.41, 5.74) is 2.69. The van der Waals surface area contributed by atoms with Crippen LogP contribution >= 0.6 is 0 Å². The van der Waals surface area contributed by atoms with E-state index in [1.807, 2.05) is 5.01 Å². The van der Waals surface area contributed by atoms with Crippen molar-refractivity contribution in [1.82, 2.24) is 10.4 Å². The van der Waals surface area contributed by atoms with Crippen LogP contribution in [-0.4, -0.2) is 35.2 Å². The Balaban J connectivity index is 2.22. The number of nitrogens with zero attached hydrogens (tertiary/aromatic N) is 1. The molecule has 1 heterocycles. The zero-order valence-corrected chi connectivity index (χ0v) is 6.71. The van der Waals surface area contributed by atoms with Gasteiger partial charge in [0, 0.05) is 20.0 Å². The van der Waals surface area contributed by atoms with Gasteiger partial charge in [0.15, 0.2) is 0 Å². The van der Waals surface area contributed by atoms with Crippen LogP contribution in [0.3, 0.4) is 0 Å². The van der Waals surface area contributed by atoms with E-state index in [-0.39, 0.29) is 12.0 Å². The van der Waals surface area contributed by atoms with Gasteiger partial charge in [-0.25, -0.2) is 5.01 Å². The molecule has 0 aliphatic carbocycles. The first-order valence-corrected chi connectivity index (χ1v) is 3.88. The van der Waals surface area contributed by atoms with Gasteiger partial charge in [-0.2, -0.15) is 0 Å². The normalized spacial score (nSPS) is 21.6. The second-order valence-corrected chi connectivity index (χ2v) is 2.89. The van der Waals surface area contributed by atoms with E-state index in [0.29, 0.717) is 0 Å². The molecule has 4 heteroatoms. The van der Waals surface area contributed by atoms with Gasteiger partial charge >= 0.3 is 0 Å². The van der Waals surface area contributed by atoms with E-state index in [1.165, 1.54) is 6.92 Å². The smallest absolute Gasteiger partial charge is 0.231 e. The lowest BCUT2D eigenvalue weighted by molar-refractivity contribution is -0.124. The molecule has 64 valence electrons. The fraction of sp³-hybridized carbons (Fsp3) is 0.857. The summed E-state index contributed by atoms with van der Waals surface area (Å²) < 4.78 is 0. The van der Waals surface area contributed by atoms with Gasteiger partial charge in [-0.1, -0.05) is 0 Å². The predicted molar refractivity (Wildman–Crippen MR) is 40.6 cm³/mol. The second kappa shape index (κ2) is 3.69. The van der Waals surface area contributed by atoms with E-state index in [1.54, 1.807) is 0 Å². The highest BCUT2D eigenvalue weighted by atomic mass is 16.3. The SMILES string of the molecule is CC(=O)NN1CCC(O)CC1. The maximum Gasteiger partial charge on any atom is 0.231 e. The first-order valence-electron chi connectivity index (χ1n) is 3.88. The Morgan fingerprint density at radius 2 is 2.09 bits per heavy atom. The third-order valence-corrected chi connectivity index (χ3v) is 1.78. The van der Waals surface area contributed by atoms with Gasteiger partial charge in [0.2, 0.25) is 5.91 Å². The molecule has 0 radical (unpaired) electrons. The Labute approximate surface area is 66.2 Å². The van der Waals surface area contributed by atoms with Crippen LogP contribution in [0.15, 0.2) is 0 Å². The molecule has 1 aliphatic heterocycles. The standard InChI is InChI=1S/C7H14N2O2/c1-6(10)8-9-4-2-7(11)3-5-9/h7,11H,2-5H2,1H3,(H,8,10). The highest BCUT2D eigenvalue weighted by molar-refractivity contribution is 5.72. The summed E-state index contributed by atoms with van der Waals surface area (Å²) >= 11 is 0. The van der Waals surface area contributed by atoms with Crippen molar-refractivity contribution >= 4 is 5.91 Å². The molecule has 1 fully saturated rings. The van der Waals surface area contributed by atoms with E-state index in [9.17, 15) is 4.79 Å². The predicted octanol–water partition coefficient (Wildman–Crippen LogP) is -0.506. The largest absolute Gasteiger partial charge is 0.393 e. The Bertz CT molecular complexity index is 141. The molecular formula is C7H14N2O2. The third kappa shape index (κ3) is 2.86. The van der Waals surface area contributed by atoms with Crippen LogP contribution in [0.5, 0.6) is 0 Å². The molecule has 0 aromatic rings. The van der Waals surface area contributed by atoms with Crippen molar-refractivity contribution in [2.24, 2.45) is 0 Å². The van der Waals surface area contributed by atoms with Crippen LogP contribution in [0.4, 0.5) is 0 Å². The number of piperidine rings is 1. The monoisotopic (exact) mass is 158 g/mol. The number of hydrazine groups is 1. The van der Waals surface area contributed by atoms with E-state index in [0.717, 1.165) is 25.9 Å². The number of rotatable bonds is 1. The van der Waals surface area contributed by atoms with Gasteiger partial charge < -0.3 is 5.11 Å². The summed E-state index contributed by atoms with van der Waals surface area (Å²) in [4.78, 5) is 10.6. The Morgan fingerprint density at radius 3 is 2.55 bits per heavy atom. The van der Waals surface area contributed by atoms with Gasteiger partial charge in [-0.15, -0.1) is 0 Å². The minimum atomic E-state index is -0.181. The summed E-state index contributed by atoms with van der Waals surface area (Å²) in [6.45, 7) is 2.99. The second-order valence-electron chi connectivity index (χ2n) is 2.89. The molecule has 0 aromatic heterocycles. The number of aliphatic hydroxyl groups excluding tert-OH is 1. The van der Waals surface area contributed by atoms with Gasteiger partial charge in [-0.3, -0.25) is 10.2 Å². The molecule has 2 N–H and O–H groups in total. The number of carbonyl (C=O) groups is 1. The van der Waals surface area contributed by atoms with Crippen LogP contribution in [0, 0.1) is 0 Å². The molecule has 0 saturated carbocycles. The maximum absolute atomic E-state index is 10.6. The topological polar surface area (TPSA) is 52.6 Å². The highest BCUT2D eigenvalue weighted by Crippen LogP contribution is 2.06. The number of aliphatic hydroxyl groups is 1. The average Bonchev–Trinajstić information content (AvgIpc) is 1.93. The van der Waals surface area contributed by atoms with Crippen LogP contribution in [0.25, 0.3) is 0 Å². The lowest BCUT2D eigenvalue weighted by Gasteiger charge is -2.29. The quantitative estimate of drug-likeness (QED) is 0.540. The molecule has 1 rings (SSSR count). The summed E-state index contributed by atoms with van der Waals surface area (Å²) in [6.07, 6.45) is 1.32. The molecule has 1 aliphatic rings. The number of carbonyl (C=O) groups excluding carboxylic acids is 1. The molecule has 0 atom stereocenters.